The molecule has 0 bridgehead atoms. The molecule has 0 spiro atoms. The number of aliphatic hydroxyl groups excluding tert-OH is 2. The Morgan fingerprint density at radius 2 is 0.495 bits per heavy atom. The van der Waals surface area contributed by atoms with Gasteiger partial charge in [-0.25, -0.2) is 9.13 Å². The summed E-state index contributed by atoms with van der Waals surface area (Å²) in [6.07, 6.45) is 107. The van der Waals surface area contributed by atoms with E-state index in [1.54, 1.807) is 0 Å². The van der Waals surface area contributed by atoms with Gasteiger partial charge < -0.3 is 34.2 Å². The van der Waals surface area contributed by atoms with Gasteiger partial charge in [0.1, 0.15) is 25.4 Å². The van der Waals surface area contributed by atoms with Gasteiger partial charge >= 0.3 is 33.6 Å². The van der Waals surface area contributed by atoms with E-state index in [1.165, 1.54) is 89.9 Å². The summed E-state index contributed by atoms with van der Waals surface area (Å²) in [5, 5.41) is 20.7. The van der Waals surface area contributed by atoms with E-state index in [2.05, 4.69) is 191 Å². The van der Waals surface area contributed by atoms with E-state index >= 15 is 0 Å². The van der Waals surface area contributed by atoms with Crippen molar-refractivity contribution in [1.82, 2.24) is 0 Å². The second-order valence-electron chi connectivity index (χ2n) is 27.5. The summed E-state index contributed by atoms with van der Waals surface area (Å²) >= 11 is 0. The lowest BCUT2D eigenvalue weighted by atomic mass is 10.0. The lowest BCUT2D eigenvalue weighted by Crippen LogP contribution is -2.30. The zero-order valence-corrected chi connectivity index (χ0v) is 69.7. The number of esters is 3. The van der Waals surface area contributed by atoms with Crippen LogP contribution in [0.2, 0.25) is 0 Å². The van der Waals surface area contributed by atoms with Gasteiger partial charge in [0.05, 0.1) is 26.4 Å². The number of phosphoric ester groups is 2. The van der Waals surface area contributed by atoms with Crippen molar-refractivity contribution >= 4 is 33.6 Å². The van der Waals surface area contributed by atoms with Crippen LogP contribution in [-0.4, -0.2) is 95.9 Å². The molecule has 5 unspecified atom stereocenters. The van der Waals surface area contributed by atoms with Crippen LogP contribution in [0.5, 0.6) is 0 Å². The summed E-state index contributed by atoms with van der Waals surface area (Å²) in [6, 6.07) is 0. The Morgan fingerprint density at radius 3 is 0.798 bits per heavy atom. The smallest absolute Gasteiger partial charge is 0.463 e. The van der Waals surface area contributed by atoms with Gasteiger partial charge in [0.2, 0.25) is 0 Å². The van der Waals surface area contributed by atoms with Gasteiger partial charge in [-0.05, 0) is 154 Å². The first-order valence-corrected chi connectivity index (χ1v) is 45.1. The van der Waals surface area contributed by atoms with Gasteiger partial charge in [-0.2, -0.15) is 0 Å². The third kappa shape index (κ3) is 83.4. The molecule has 0 aliphatic carbocycles. The molecule has 0 fully saturated rings. The van der Waals surface area contributed by atoms with Crippen molar-refractivity contribution in [3.63, 3.8) is 0 Å². The summed E-state index contributed by atoms with van der Waals surface area (Å²) in [4.78, 5) is 58.8. The van der Waals surface area contributed by atoms with Crippen molar-refractivity contribution < 1.29 is 75.8 Å². The average Bonchev–Trinajstić information content (AvgIpc) is 0.960. The zero-order valence-electron chi connectivity index (χ0n) is 67.9. The Bertz CT molecular complexity index is 2710. The Hall–Kier alpha value is -5.35. The van der Waals surface area contributed by atoms with Crippen LogP contribution < -0.4 is 0 Å². The molecule has 16 nitrogen and oxygen atoms in total. The van der Waals surface area contributed by atoms with Crippen molar-refractivity contribution in [3.05, 3.63) is 182 Å². The SMILES string of the molecule is CC/C=C\C/C=C\C/C=C\C/C=C\C/C=C\C/C=C\CCCCCCCCCCC(=O)OCC(COP(=O)(O)OCC(O)COP(=O)(O)OCC(O)COC(=O)CCCCCCCCCCCCCCC/C=C\C/C=C\C/C=C\C/C=C\CCCCC)OC(=O)CCC/C=C\C/C=C\C/C=C\C/C=C\C/C=C\CC. The highest BCUT2D eigenvalue weighted by Gasteiger charge is 2.29. The number of hydrogen-bond donors (Lipinski definition) is 4. The minimum absolute atomic E-state index is 0.0176. The normalized spacial score (nSPS) is 14.8. The van der Waals surface area contributed by atoms with E-state index in [0.29, 0.717) is 25.7 Å². The molecule has 620 valence electrons. The fourth-order valence-corrected chi connectivity index (χ4v) is 12.4. The summed E-state index contributed by atoms with van der Waals surface area (Å²) in [6.45, 7) is 2.35. The van der Waals surface area contributed by atoms with Crippen molar-refractivity contribution in [3.8, 4) is 0 Å². The second kappa shape index (κ2) is 82.1. The maximum absolute atomic E-state index is 13.0. The molecule has 0 aliphatic rings. The fraction of sp³-hybridized carbons (Fsp3) is 0.637. The standard InChI is InChI=1S/C91H150O16P2/c1-4-7-10-13-16-19-22-25-28-31-33-35-37-39-41-42-44-46-47-49-51-54-56-59-62-65-68-71-74-77-89(94)101-80-86(92)81-103-108(97,98)104-82-87(93)83-105-109(99,100)106-85-88(107-91(96)79-76-73-70-67-64-61-58-53-30-27-24-21-18-15-12-9-6-3)84-102-90(95)78-75-72-69-66-63-60-57-55-52-50-48-45-43-40-38-36-34-32-29-26-23-20-17-14-11-8-5-2/h8-9,11-12,16-21,25-30,33-36,39-41,43,48,50,58,61,67,70,86-88,92-93H,4-7,10,13-15,22-24,31-32,37-38,42,44-47,49,51-57,59-60,62-66,68-69,71-85H2,1-3H3,(H,97,98)(H,99,100)/b11-8-,12-9-,19-16-,20-17-,21-18-,28-25-,29-26-,30-27-,35-33-,36-34-,41-39-,43-40-,50-48-,61-58-,70-67-. The molecule has 0 aromatic rings. The molecule has 0 aliphatic heterocycles. The van der Waals surface area contributed by atoms with Crippen LogP contribution in [0.25, 0.3) is 0 Å². The maximum Gasteiger partial charge on any atom is 0.472 e. The zero-order chi connectivity index (χ0) is 79.4. The monoisotopic (exact) mass is 1560 g/mol. The Labute approximate surface area is 662 Å². The van der Waals surface area contributed by atoms with Crippen LogP contribution in [0.3, 0.4) is 0 Å². The molecule has 0 aromatic carbocycles. The van der Waals surface area contributed by atoms with Crippen LogP contribution in [0.4, 0.5) is 0 Å². The molecule has 0 saturated carbocycles. The number of carbonyl (C=O) groups is 3. The van der Waals surface area contributed by atoms with Gasteiger partial charge in [-0.1, -0.05) is 325 Å². The summed E-state index contributed by atoms with van der Waals surface area (Å²) in [5.74, 6) is -1.66. The quantitative estimate of drug-likeness (QED) is 0.0146. The first kappa shape index (κ1) is 104. The van der Waals surface area contributed by atoms with Crippen LogP contribution in [-0.2, 0) is 55.8 Å². The molecule has 0 saturated heterocycles. The van der Waals surface area contributed by atoms with Crippen LogP contribution >= 0.6 is 15.6 Å². The highest BCUT2D eigenvalue weighted by Crippen LogP contribution is 2.45. The topological polar surface area (TPSA) is 231 Å². The number of unbranched alkanes of at least 4 members (excludes halogenated alkanes) is 25. The molecular formula is C91H150O16P2. The van der Waals surface area contributed by atoms with E-state index in [-0.39, 0.29) is 19.3 Å². The second-order valence-corrected chi connectivity index (χ2v) is 30.4. The maximum atomic E-state index is 13.0. The number of allylic oxidation sites excluding steroid dienone is 30. The molecule has 0 aromatic heterocycles. The van der Waals surface area contributed by atoms with Crippen LogP contribution in [0.15, 0.2) is 182 Å². The molecule has 0 rings (SSSR count). The van der Waals surface area contributed by atoms with Crippen LogP contribution in [0.1, 0.15) is 316 Å². The minimum atomic E-state index is -4.96. The largest absolute Gasteiger partial charge is 0.472 e. The lowest BCUT2D eigenvalue weighted by Gasteiger charge is -2.21. The van der Waals surface area contributed by atoms with E-state index in [9.17, 15) is 43.5 Å². The third-order valence-corrected chi connectivity index (χ3v) is 19.0. The van der Waals surface area contributed by atoms with Crippen molar-refractivity contribution in [1.29, 1.82) is 0 Å². The Kier molecular flexibility index (Phi) is 78.1. The third-order valence-electron chi connectivity index (χ3n) is 17.1. The van der Waals surface area contributed by atoms with E-state index < -0.39 is 91.5 Å². The minimum Gasteiger partial charge on any atom is -0.463 e. The number of carbonyl (C=O) groups excluding carboxylic acids is 3. The molecular weight excluding hydrogens is 1410 g/mol. The van der Waals surface area contributed by atoms with Gasteiger partial charge in [0.25, 0.3) is 0 Å². The predicted molar refractivity (Wildman–Crippen MR) is 454 cm³/mol. The van der Waals surface area contributed by atoms with E-state index in [0.717, 1.165) is 161 Å². The van der Waals surface area contributed by atoms with Crippen molar-refractivity contribution in [2.24, 2.45) is 0 Å². The highest BCUT2D eigenvalue weighted by molar-refractivity contribution is 7.47. The van der Waals surface area contributed by atoms with E-state index in [4.69, 9.17) is 32.3 Å². The van der Waals surface area contributed by atoms with Crippen molar-refractivity contribution in [2.45, 2.75) is 334 Å². The molecule has 5 atom stereocenters. The average molecular weight is 1560 g/mol. The van der Waals surface area contributed by atoms with E-state index in [1.807, 2.05) is 12.2 Å². The van der Waals surface area contributed by atoms with Gasteiger partial charge in [0.15, 0.2) is 6.10 Å². The number of ether oxygens (including phenoxy) is 3. The summed E-state index contributed by atoms with van der Waals surface area (Å²) in [5.41, 5.74) is 0. The van der Waals surface area contributed by atoms with Crippen molar-refractivity contribution in [2.75, 3.05) is 39.6 Å². The molecule has 0 radical (unpaired) electrons. The lowest BCUT2D eigenvalue weighted by molar-refractivity contribution is -0.161. The molecule has 4 N–H and O–H groups in total. The Balaban J connectivity index is 4.63. The number of hydrogen-bond acceptors (Lipinski definition) is 14. The number of rotatable bonds is 78. The predicted octanol–water partition coefficient (Wildman–Crippen LogP) is 25.3. The first-order chi connectivity index (χ1) is 53.2. The van der Waals surface area contributed by atoms with Crippen LogP contribution in [0, 0.1) is 0 Å². The highest BCUT2D eigenvalue weighted by atomic mass is 31.2. The molecule has 109 heavy (non-hydrogen) atoms. The molecule has 0 amide bonds. The number of aliphatic hydroxyl groups is 2. The number of phosphoric acid groups is 2. The summed E-state index contributed by atoms with van der Waals surface area (Å²) in [7, 11) is -9.83. The summed E-state index contributed by atoms with van der Waals surface area (Å²) < 4.78 is 61.2. The van der Waals surface area contributed by atoms with Gasteiger partial charge in [-0.15, -0.1) is 0 Å². The van der Waals surface area contributed by atoms with Gasteiger partial charge in [-0.3, -0.25) is 32.5 Å². The first-order valence-electron chi connectivity index (χ1n) is 42.1. The fourth-order valence-electron chi connectivity index (χ4n) is 10.8. The van der Waals surface area contributed by atoms with Gasteiger partial charge in [0, 0.05) is 19.3 Å². The molecule has 18 heteroatoms. The molecule has 0 heterocycles. The Morgan fingerprint density at radius 1 is 0.266 bits per heavy atom.